The summed E-state index contributed by atoms with van der Waals surface area (Å²) in [5, 5.41) is 0.826. The summed E-state index contributed by atoms with van der Waals surface area (Å²) in [5.74, 6) is 0.866. The Morgan fingerprint density at radius 2 is 1.84 bits per heavy atom. The number of amides is 1. The van der Waals surface area contributed by atoms with Gasteiger partial charge in [0, 0.05) is 37.1 Å². The van der Waals surface area contributed by atoms with Crippen LogP contribution in [0.25, 0.3) is 10.9 Å². The first kappa shape index (κ1) is 21.7. The topological polar surface area (TPSA) is 93.8 Å². The van der Waals surface area contributed by atoms with Gasteiger partial charge in [-0.1, -0.05) is 12.1 Å². The van der Waals surface area contributed by atoms with Crippen molar-refractivity contribution in [3.05, 3.63) is 53.9 Å². The molecule has 8 nitrogen and oxygen atoms in total. The molecule has 0 radical (unpaired) electrons. The second kappa shape index (κ2) is 9.31. The van der Waals surface area contributed by atoms with E-state index in [-0.39, 0.29) is 17.4 Å². The molecule has 32 heavy (non-hydrogen) atoms. The van der Waals surface area contributed by atoms with Crippen molar-refractivity contribution in [3.8, 4) is 11.5 Å². The number of nitrogens with two attached hydrogens (primary N) is 1. The molecule has 0 aliphatic carbocycles. The van der Waals surface area contributed by atoms with Gasteiger partial charge in [0.2, 0.25) is 0 Å². The molecule has 0 unspecified atom stereocenters. The van der Waals surface area contributed by atoms with Crippen molar-refractivity contribution < 1.29 is 23.0 Å². The number of carbonyl (C=O) groups excluding carboxylic acids is 1. The standard InChI is InChI=1S/C22H23F2N5O3/c1-31-18-12-14(6-7-17(18)32-22(23)24)21(30)29-10-8-28(9-11-29)13-19-26-16-5-3-2-4-15(16)20(25)27-19/h2-7,12,22H,8-11,13H2,1H3,(H2,25,26,27). The summed E-state index contributed by atoms with van der Waals surface area (Å²) in [6.07, 6.45) is 0. The summed E-state index contributed by atoms with van der Waals surface area (Å²) in [4.78, 5) is 25.8. The SMILES string of the molecule is COc1cc(C(=O)N2CCN(Cc3nc(N)c4ccccc4n3)CC2)ccc1OC(F)F. The van der Waals surface area contributed by atoms with E-state index in [0.717, 1.165) is 10.9 Å². The summed E-state index contributed by atoms with van der Waals surface area (Å²) >= 11 is 0. The van der Waals surface area contributed by atoms with Crippen LogP contribution < -0.4 is 15.2 Å². The van der Waals surface area contributed by atoms with E-state index < -0.39 is 6.61 Å². The van der Waals surface area contributed by atoms with E-state index in [9.17, 15) is 13.6 Å². The number of anilines is 1. The molecule has 0 saturated carbocycles. The van der Waals surface area contributed by atoms with Crippen LogP contribution in [0.4, 0.5) is 14.6 Å². The van der Waals surface area contributed by atoms with Crippen LogP contribution in [-0.4, -0.2) is 65.6 Å². The molecule has 0 bridgehead atoms. The Morgan fingerprint density at radius 1 is 1.09 bits per heavy atom. The number of ether oxygens (including phenoxy) is 2. The van der Waals surface area contributed by atoms with Crippen molar-refractivity contribution in [1.82, 2.24) is 19.8 Å². The van der Waals surface area contributed by atoms with E-state index in [1.165, 1.54) is 25.3 Å². The van der Waals surface area contributed by atoms with Crippen LogP contribution in [-0.2, 0) is 6.54 Å². The van der Waals surface area contributed by atoms with Crippen LogP contribution in [0.15, 0.2) is 42.5 Å². The summed E-state index contributed by atoms with van der Waals surface area (Å²) in [5.41, 5.74) is 7.22. The molecule has 4 rings (SSSR count). The number of para-hydroxylation sites is 1. The van der Waals surface area contributed by atoms with E-state index in [0.29, 0.717) is 49.9 Å². The smallest absolute Gasteiger partial charge is 0.387 e. The zero-order chi connectivity index (χ0) is 22.7. The molecule has 0 spiro atoms. The van der Waals surface area contributed by atoms with Gasteiger partial charge < -0.3 is 20.1 Å². The number of fused-ring (bicyclic) bond motifs is 1. The van der Waals surface area contributed by atoms with Crippen molar-refractivity contribution in [2.75, 3.05) is 39.0 Å². The molecule has 10 heteroatoms. The summed E-state index contributed by atoms with van der Waals surface area (Å²) < 4.78 is 34.5. The first-order chi connectivity index (χ1) is 15.4. The summed E-state index contributed by atoms with van der Waals surface area (Å²) in [6, 6.07) is 11.8. The van der Waals surface area contributed by atoms with Gasteiger partial charge in [-0.05, 0) is 30.3 Å². The van der Waals surface area contributed by atoms with Gasteiger partial charge in [0.15, 0.2) is 11.5 Å². The lowest BCUT2D eigenvalue weighted by Gasteiger charge is -2.34. The second-order valence-electron chi connectivity index (χ2n) is 7.35. The number of nitrogen functional groups attached to an aromatic ring is 1. The molecule has 2 N–H and O–H groups in total. The van der Waals surface area contributed by atoms with Gasteiger partial charge in [-0.3, -0.25) is 9.69 Å². The molecule has 0 atom stereocenters. The van der Waals surface area contributed by atoms with Gasteiger partial charge in [-0.2, -0.15) is 8.78 Å². The molecule has 1 aliphatic rings. The van der Waals surface area contributed by atoms with Crippen LogP contribution >= 0.6 is 0 Å². The fourth-order valence-corrected chi connectivity index (χ4v) is 3.71. The van der Waals surface area contributed by atoms with Crippen LogP contribution in [0.2, 0.25) is 0 Å². The lowest BCUT2D eigenvalue weighted by atomic mass is 10.1. The monoisotopic (exact) mass is 443 g/mol. The number of piperazine rings is 1. The number of alkyl halides is 2. The Morgan fingerprint density at radius 3 is 2.56 bits per heavy atom. The molecule has 3 aromatic rings. The van der Waals surface area contributed by atoms with Crippen molar-refractivity contribution in [2.24, 2.45) is 0 Å². The minimum absolute atomic E-state index is 0.0841. The Labute approximate surface area is 183 Å². The number of carbonyl (C=O) groups is 1. The second-order valence-corrected chi connectivity index (χ2v) is 7.35. The largest absolute Gasteiger partial charge is 0.493 e. The number of methoxy groups -OCH3 is 1. The molecule has 1 aliphatic heterocycles. The zero-order valence-electron chi connectivity index (χ0n) is 17.5. The first-order valence-corrected chi connectivity index (χ1v) is 10.1. The normalized spacial score (nSPS) is 14.7. The van der Waals surface area contributed by atoms with Gasteiger partial charge in [0.25, 0.3) is 5.91 Å². The van der Waals surface area contributed by atoms with Gasteiger partial charge in [-0.15, -0.1) is 0 Å². The van der Waals surface area contributed by atoms with Crippen molar-refractivity contribution in [3.63, 3.8) is 0 Å². The van der Waals surface area contributed by atoms with E-state index in [2.05, 4.69) is 19.6 Å². The van der Waals surface area contributed by atoms with Gasteiger partial charge in [0.05, 0.1) is 19.2 Å². The number of halogens is 2. The van der Waals surface area contributed by atoms with Crippen molar-refractivity contribution in [2.45, 2.75) is 13.2 Å². The van der Waals surface area contributed by atoms with Crippen molar-refractivity contribution >= 4 is 22.6 Å². The summed E-state index contributed by atoms with van der Waals surface area (Å²) in [6.45, 7) is -0.124. The van der Waals surface area contributed by atoms with Crippen molar-refractivity contribution in [1.29, 1.82) is 0 Å². The van der Waals surface area contributed by atoms with Crippen LogP contribution in [0.3, 0.4) is 0 Å². The van der Waals surface area contributed by atoms with Gasteiger partial charge >= 0.3 is 6.61 Å². The predicted octanol–water partition coefficient (Wildman–Crippen LogP) is 2.78. The fourth-order valence-electron chi connectivity index (χ4n) is 3.71. The summed E-state index contributed by atoms with van der Waals surface area (Å²) in [7, 11) is 1.34. The predicted molar refractivity (Wildman–Crippen MR) is 115 cm³/mol. The van der Waals surface area contributed by atoms with E-state index in [1.54, 1.807) is 4.90 Å². The minimum atomic E-state index is -2.97. The highest BCUT2D eigenvalue weighted by Gasteiger charge is 2.24. The lowest BCUT2D eigenvalue weighted by Crippen LogP contribution is -2.48. The van der Waals surface area contributed by atoms with E-state index in [4.69, 9.17) is 10.5 Å². The molecule has 168 valence electrons. The number of benzene rings is 2. The van der Waals surface area contributed by atoms with Crippen LogP contribution in [0, 0.1) is 0 Å². The Kier molecular flexibility index (Phi) is 6.31. The Balaban J connectivity index is 1.39. The van der Waals surface area contributed by atoms with E-state index >= 15 is 0 Å². The average Bonchev–Trinajstić information content (AvgIpc) is 2.79. The number of nitrogens with zero attached hydrogens (tertiary/aromatic N) is 4. The Hall–Kier alpha value is -3.53. The molecule has 1 fully saturated rings. The number of hydrogen-bond acceptors (Lipinski definition) is 7. The molecule has 2 heterocycles. The molecular weight excluding hydrogens is 420 g/mol. The quantitative estimate of drug-likeness (QED) is 0.626. The highest BCUT2D eigenvalue weighted by molar-refractivity contribution is 5.95. The molecule has 1 aromatic heterocycles. The highest BCUT2D eigenvalue weighted by Crippen LogP contribution is 2.30. The fraction of sp³-hybridized carbons (Fsp3) is 0.318. The molecular formula is C22H23F2N5O3. The third-order valence-electron chi connectivity index (χ3n) is 5.33. The molecule has 1 saturated heterocycles. The highest BCUT2D eigenvalue weighted by atomic mass is 19.3. The molecule has 1 amide bonds. The number of rotatable bonds is 6. The number of hydrogen-bond donors (Lipinski definition) is 1. The lowest BCUT2D eigenvalue weighted by molar-refractivity contribution is -0.0512. The third kappa shape index (κ3) is 4.70. The third-order valence-corrected chi connectivity index (χ3v) is 5.33. The maximum Gasteiger partial charge on any atom is 0.387 e. The molecule has 2 aromatic carbocycles. The van der Waals surface area contributed by atoms with Crippen LogP contribution in [0.1, 0.15) is 16.2 Å². The Bertz CT molecular complexity index is 1120. The van der Waals surface area contributed by atoms with E-state index in [1.807, 2.05) is 24.3 Å². The van der Waals surface area contributed by atoms with Gasteiger partial charge in [0.1, 0.15) is 11.6 Å². The van der Waals surface area contributed by atoms with Crippen LogP contribution in [0.5, 0.6) is 11.5 Å². The number of aromatic nitrogens is 2. The first-order valence-electron chi connectivity index (χ1n) is 10.1. The van der Waals surface area contributed by atoms with Gasteiger partial charge in [-0.25, -0.2) is 9.97 Å². The zero-order valence-corrected chi connectivity index (χ0v) is 17.5. The minimum Gasteiger partial charge on any atom is -0.493 e. The average molecular weight is 443 g/mol. The maximum atomic E-state index is 12.9. The maximum absolute atomic E-state index is 12.9.